The van der Waals surface area contributed by atoms with Gasteiger partial charge >= 0.3 is 5.97 Å². The second kappa shape index (κ2) is 9.65. The minimum absolute atomic E-state index is 0.0976. The standard InChI is InChI=1S/C22H23N3O4S2/c1-3-28-21(27)18-15-6-4-5-7-16(15)31-20(18)23-17(26)12-30-22-24-19(25-29-22)14-10-8-13(2)9-11-14/h8-11H,3-7,12H2,1-2H3,(H,23,26). The van der Waals surface area contributed by atoms with Gasteiger partial charge in [-0.1, -0.05) is 46.7 Å². The summed E-state index contributed by atoms with van der Waals surface area (Å²) in [4.78, 5) is 30.6. The molecule has 1 aliphatic carbocycles. The fourth-order valence-electron chi connectivity index (χ4n) is 3.45. The van der Waals surface area contributed by atoms with Crippen LogP contribution in [0.3, 0.4) is 0 Å². The molecule has 162 valence electrons. The fraction of sp³-hybridized carbons (Fsp3) is 0.364. The van der Waals surface area contributed by atoms with E-state index in [1.54, 1.807) is 6.92 Å². The third kappa shape index (κ3) is 4.99. The molecule has 1 aliphatic rings. The van der Waals surface area contributed by atoms with Crippen LogP contribution in [0.25, 0.3) is 11.4 Å². The highest BCUT2D eigenvalue weighted by Crippen LogP contribution is 2.38. The number of ether oxygens (including phenoxy) is 1. The SMILES string of the molecule is CCOC(=O)c1c(NC(=O)CSc2nc(-c3ccc(C)cc3)no2)sc2c1CCCC2. The van der Waals surface area contributed by atoms with E-state index in [-0.39, 0.29) is 17.6 Å². The molecule has 7 nitrogen and oxygen atoms in total. The molecule has 3 aromatic rings. The smallest absolute Gasteiger partial charge is 0.341 e. The quantitative estimate of drug-likeness (QED) is 0.399. The van der Waals surface area contributed by atoms with E-state index in [2.05, 4.69) is 15.5 Å². The number of rotatable bonds is 7. The van der Waals surface area contributed by atoms with Crippen molar-refractivity contribution in [2.45, 2.75) is 44.8 Å². The molecule has 0 unspecified atom stereocenters. The number of thiophene rings is 1. The molecule has 0 spiro atoms. The number of fused-ring (bicyclic) bond motifs is 1. The predicted octanol–water partition coefficient (Wildman–Crippen LogP) is 4.89. The van der Waals surface area contributed by atoms with Crippen LogP contribution in [0.5, 0.6) is 0 Å². The molecule has 31 heavy (non-hydrogen) atoms. The van der Waals surface area contributed by atoms with Crippen LogP contribution in [0.4, 0.5) is 5.00 Å². The van der Waals surface area contributed by atoms with Gasteiger partial charge in [0.2, 0.25) is 11.7 Å². The van der Waals surface area contributed by atoms with Crippen molar-refractivity contribution in [3.8, 4) is 11.4 Å². The van der Waals surface area contributed by atoms with Crippen LogP contribution in [-0.2, 0) is 22.4 Å². The Hall–Kier alpha value is -2.65. The maximum absolute atomic E-state index is 12.6. The van der Waals surface area contributed by atoms with Gasteiger partial charge in [0.25, 0.3) is 5.22 Å². The van der Waals surface area contributed by atoms with Gasteiger partial charge in [0.15, 0.2) is 0 Å². The van der Waals surface area contributed by atoms with Gasteiger partial charge in [-0.2, -0.15) is 4.98 Å². The van der Waals surface area contributed by atoms with Crippen LogP contribution >= 0.6 is 23.1 Å². The summed E-state index contributed by atoms with van der Waals surface area (Å²) < 4.78 is 10.5. The Bertz CT molecular complexity index is 1090. The van der Waals surface area contributed by atoms with E-state index >= 15 is 0 Å². The highest BCUT2D eigenvalue weighted by atomic mass is 32.2. The average Bonchev–Trinajstić information content (AvgIpc) is 3.37. The molecule has 0 saturated carbocycles. The third-order valence-corrected chi connectivity index (χ3v) is 6.97. The zero-order valence-electron chi connectivity index (χ0n) is 17.4. The molecule has 0 aliphatic heterocycles. The van der Waals surface area contributed by atoms with Crippen LogP contribution in [0.15, 0.2) is 34.0 Å². The Morgan fingerprint density at radius 2 is 2.00 bits per heavy atom. The molecule has 0 fully saturated rings. The molecule has 2 heterocycles. The van der Waals surface area contributed by atoms with Gasteiger partial charge < -0.3 is 14.6 Å². The Labute approximate surface area is 188 Å². The first kappa shape index (κ1) is 21.6. The van der Waals surface area contributed by atoms with Gasteiger partial charge in [-0.3, -0.25) is 4.79 Å². The minimum atomic E-state index is -0.371. The van der Waals surface area contributed by atoms with Crippen LogP contribution in [0, 0.1) is 6.92 Å². The van der Waals surface area contributed by atoms with E-state index in [4.69, 9.17) is 9.26 Å². The Morgan fingerprint density at radius 1 is 1.23 bits per heavy atom. The van der Waals surface area contributed by atoms with E-state index in [0.717, 1.165) is 59.0 Å². The molecule has 0 bridgehead atoms. The molecule has 4 rings (SSSR count). The topological polar surface area (TPSA) is 94.3 Å². The Kier molecular flexibility index (Phi) is 6.72. The van der Waals surface area contributed by atoms with Gasteiger partial charge in [-0.05, 0) is 45.1 Å². The zero-order chi connectivity index (χ0) is 21.8. The van der Waals surface area contributed by atoms with Crippen molar-refractivity contribution in [2.24, 2.45) is 0 Å². The van der Waals surface area contributed by atoms with Crippen LogP contribution in [0.1, 0.15) is 46.1 Å². The van der Waals surface area contributed by atoms with Crippen LogP contribution in [-0.4, -0.2) is 34.4 Å². The number of nitrogens with zero attached hydrogens (tertiary/aromatic N) is 2. The second-order valence-corrected chi connectivity index (χ2v) is 9.25. The average molecular weight is 458 g/mol. The number of aryl methyl sites for hydroxylation is 2. The van der Waals surface area contributed by atoms with E-state index < -0.39 is 0 Å². The van der Waals surface area contributed by atoms with E-state index in [9.17, 15) is 9.59 Å². The molecule has 1 amide bonds. The number of esters is 1. The lowest BCUT2D eigenvalue weighted by molar-refractivity contribution is -0.113. The molecule has 0 radical (unpaired) electrons. The van der Waals surface area contributed by atoms with Crippen molar-refractivity contribution >= 4 is 40.0 Å². The van der Waals surface area contributed by atoms with Gasteiger partial charge in [0.1, 0.15) is 5.00 Å². The number of benzene rings is 1. The highest BCUT2D eigenvalue weighted by Gasteiger charge is 2.27. The van der Waals surface area contributed by atoms with E-state index in [1.165, 1.54) is 11.3 Å². The molecule has 0 atom stereocenters. The number of hydrogen-bond donors (Lipinski definition) is 1. The number of aromatic nitrogens is 2. The molecule has 9 heteroatoms. The summed E-state index contributed by atoms with van der Waals surface area (Å²) >= 11 is 2.64. The molecule has 0 saturated heterocycles. The largest absolute Gasteiger partial charge is 0.462 e. The number of amides is 1. The highest BCUT2D eigenvalue weighted by molar-refractivity contribution is 7.99. The maximum atomic E-state index is 12.6. The van der Waals surface area contributed by atoms with Crippen molar-refractivity contribution in [3.63, 3.8) is 0 Å². The number of anilines is 1. The molecule has 1 N–H and O–H groups in total. The van der Waals surface area contributed by atoms with Crippen molar-refractivity contribution in [1.82, 2.24) is 10.1 Å². The molecular formula is C22H23N3O4S2. The first-order valence-corrected chi connectivity index (χ1v) is 12.0. The lowest BCUT2D eigenvalue weighted by Gasteiger charge is -2.12. The number of hydrogen-bond acceptors (Lipinski definition) is 8. The maximum Gasteiger partial charge on any atom is 0.341 e. The van der Waals surface area contributed by atoms with Crippen molar-refractivity contribution in [3.05, 3.63) is 45.8 Å². The summed E-state index contributed by atoms with van der Waals surface area (Å²) in [5, 5.41) is 7.76. The summed E-state index contributed by atoms with van der Waals surface area (Å²) in [7, 11) is 0. The zero-order valence-corrected chi connectivity index (χ0v) is 19.0. The lowest BCUT2D eigenvalue weighted by Crippen LogP contribution is -2.17. The minimum Gasteiger partial charge on any atom is -0.462 e. The second-order valence-electron chi connectivity index (χ2n) is 7.22. The van der Waals surface area contributed by atoms with Crippen LogP contribution < -0.4 is 5.32 Å². The summed E-state index contributed by atoms with van der Waals surface area (Å²) in [5.74, 6) is -0.0208. The molecular weight excluding hydrogens is 434 g/mol. The van der Waals surface area contributed by atoms with Gasteiger partial charge in [0.05, 0.1) is 17.9 Å². The molecule has 1 aromatic carbocycles. The summed E-state index contributed by atoms with van der Waals surface area (Å²) in [5.41, 5.74) is 3.54. The van der Waals surface area contributed by atoms with Crippen molar-refractivity contribution < 1.29 is 18.8 Å². The van der Waals surface area contributed by atoms with E-state index in [0.29, 0.717) is 28.2 Å². The summed E-state index contributed by atoms with van der Waals surface area (Å²) in [6.45, 7) is 4.09. The monoisotopic (exact) mass is 457 g/mol. The Balaban J connectivity index is 1.42. The first-order valence-electron chi connectivity index (χ1n) is 10.2. The summed E-state index contributed by atoms with van der Waals surface area (Å²) in [6.07, 6.45) is 3.91. The first-order chi connectivity index (χ1) is 15.0. The number of thioether (sulfide) groups is 1. The van der Waals surface area contributed by atoms with Gasteiger partial charge in [-0.25, -0.2) is 4.79 Å². The van der Waals surface area contributed by atoms with Crippen molar-refractivity contribution in [1.29, 1.82) is 0 Å². The van der Waals surface area contributed by atoms with Crippen molar-refractivity contribution in [2.75, 3.05) is 17.7 Å². The molecule has 2 aromatic heterocycles. The third-order valence-electron chi connectivity index (χ3n) is 4.95. The Morgan fingerprint density at radius 3 is 2.77 bits per heavy atom. The lowest BCUT2D eigenvalue weighted by atomic mass is 9.95. The number of carbonyl (C=O) groups is 2. The predicted molar refractivity (Wildman–Crippen MR) is 121 cm³/mol. The normalized spacial score (nSPS) is 13.0. The van der Waals surface area contributed by atoms with Gasteiger partial charge in [-0.15, -0.1) is 11.3 Å². The number of nitrogens with one attached hydrogen (secondary N) is 1. The van der Waals surface area contributed by atoms with Crippen LogP contribution in [0.2, 0.25) is 0 Å². The van der Waals surface area contributed by atoms with Gasteiger partial charge in [0, 0.05) is 10.4 Å². The number of carbonyl (C=O) groups excluding carboxylic acids is 2. The van der Waals surface area contributed by atoms with E-state index in [1.807, 2.05) is 31.2 Å². The fourth-order valence-corrected chi connectivity index (χ4v) is 5.31. The summed E-state index contributed by atoms with van der Waals surface area (Å²) in [6, 6.07) is 7.81.